The number of carbonyl (C=O) groups is 1. The van der Waals surface area contributed by atoms with Gasteiger partial charge in [-0.2, -0.15) is 0 Å². The van der Waals surface area contributed by atoms with E-state index in [2.05, 4.69) is 10.3 Å². The number of ether oxygens (including phenoxy) is 1. The first-order valence-electron chi connectivity index (χ1n) is 10.8. The Balaban J connectivity index is 1.30. The first-order valence-corrected chi connectivity index (χ1v) is 13.2. The summed E-state index contributed by atoms with van der Waals surface area (Å²) < 4.78 is 38.2. The molecule has 0 aliphatic heterocycles. The number of para-hydroxylation sites is 1. The lowest BCUT2D eigenvalue weighted by atomic mass is 10.2. The van der Waals surface area contributed by atoms with Crippen molar-refractivity contribution in [3.8, 4) is 17.2 Å². The van der Waals surface area contributed by atoms with E-state index in [0.29, 0.717) is 39.2 Å². The molecule has 0 unspecified atom stereocenters. The highest BCUT2D eigenvalue weighted by atomic mass is 32.2. The molecule has 1 amide bonds. The number of benzene rings is 3. The molecule has 0 bridgehead atoms. The van der Waals surface area contributed by atoms with Gasteiger partial charge >= 0.3 is 0 Å². The maximum atomic E-state index is 12.9. The van der Waals surface area contributed by atoms with Crippen LogP contribution < -0.4 is 14.4 Å². The number of aromatic nitrogens is 1. The molecular formula is C26H21N3O5S2. The number of anilines is 2. The third-order valence-corrected chi connectivity index (χ3v) is 8.16. The second kappa shape index (κ2) is 9.48. The summed E-state index contributed by atoms with van der Waals surface area (Å²) in [4.78, 5) is 17.3. The number of nitrogens with one attached hydrogen (secondary N) is 1. The smallest absolute Gasteiger partial charge is 0.264 e. The zero-order valence-electron chi connectivity index (χ0n) is 19.3. The van der Waals surface area contributed by atoms with Crippen LogP contribution in [0, 0.1) is 0 Å². The number of furan rings is 1. The highest BCUT2D eigenvalue weighted by molar-refractivity contribution is 7.92. The summed E-state index contributed by atoms with van der Waals surface area (Å²) in [5.41, 5.74) is 2.12. The second-order valence-electron chi connectivity index (χ2n) is 7.84. The summed E-state index contributed by atoms with van der Waals surface area (Å²) in [5.74, 6) is 0.873. The molecule has 182 valence electrons. The molecule has 0 aliphatic carbocycles. The average Bonchev–Trinajstić information content (AvgIpc) is 3.55. The van der Waals surface area contributed by atoms with Gasteiger partial charge < -0.3 is 9.15 Å². The van der Waals surface area contributed by atoms with E-state index < -0.39 is 15.9 Å². The predicted octanol–water partition coefficient (Wildman–Crippen LogP) is 5.64. The third kappa shape index (κ3) is 4.56. The molecular weight excluding hydrogens is 498 g/mol. The summed E-state index contributed by atoms with van der Waals surface area (Å²) in [5, 5.41) is 5.86. The third-order valence-electron chi connectivity index (χ3n) is 5.60. The van der Waals surface area contributed by atoms with E-state index >= 15 is 0 Å². The summed E-state index contributed by atoms with van der Waals surface area (Å²) in [6, 6.07) is 22.0. The summed E-state index contributed by atoms with van der Waals surface area (Å²) in [6.45, 7) is 0. The standard InChI is InChI=1S/C26H21N3O5S2/c1-29(19-6-4-3-5-7-19)36(31,32)21-12-9-17(10-13-21)25(30)28-26-27-22(16-35-26)24-14-18-8-11-20(33-2)15-23(18)34-24/h3-16H,1-2H3,(H,27,28,30). The molecule has 5 aromatic rings. The Hall–Kier alpha value is -4.15. The van der Waals surface area contributed by atoms with Gasteiger partial charge in [0.05, 0.1) is 17.7 Å². The van der Waals surface area contributed by atoms with E-state index in [1.54, 1.807) is 42.8 Å². The van der Waals surface area contributed by atoms with Gasteiger partial charge in [0.2, 0.25) is 0 Å². The molecule has 1 N–H and O–H groups in total. The van der Waals surface area contributed by atoms with Crippen LogP contribution in [0.15, 0.2) is 93.6 Å². The first kappa shape index (κ1) is 23.6. The number of carbonyl (C=O) groups excluding carboxylic acids is 1. The Labute approximate surface area is 211 Å². The fraction of sp³-hybridized carbons (Fsp3) is 0.0769. The molecule has 0 spiro atoms. The fourth-order valence-corrected chi connectivity index (χ4v) is 5.48. The molecule has 36 heavy (non-hydrogen) atoms. The van der Waals surface area contributed by atoms with E-state index in [-0.39, 0.29) is 4.90 Å². The summed E-state index contributed by atoms with van der Waals surface area (Å²) in [6.07, 6.45) is 0. The quantitative estimate of drug-likeness (QED) is 0.299. The lowest BCUT2D eigenvalue weighted by molar-refractivity contribution is 0.102. The van der Waals surface area contributed by atoms with E-state index in [9.17, 15) is 13.2 Å². The van der Waals surface area contributed by atoms with E-state index in [4.69, 9.17) is 9.15 Å². The van der Waals surface area contributed by atoms with Gasteiger partial charge in [-0.15, -0.1) is 11.3 Å². The number of nitrogens with zero attached hydrogens (tertiary/aromatic N) is 2. The number of hydrogen-bond donors (Lipinski definition) is 1. The molecule has 8 nitrogen and oxygen atoms in total. The number of thiazole rings is 1. The van der Waals surface area contributed by atoms with Gasteiger partial charge in [0.25, 0.3) is 15.9 Å². The van der Waals surface area contributed by atoms with Crippen LogP contribution in [0.5, 0.6) is 5.75 Å². The lowest BCUT2D eigenvalue weighted by Crippen LogP contribution is -2.26. The van der Waals surface area contributed by atoms with Crippen molar-refractivity contribution in [3.63, 3.8) is 0 Å². The van der Waals surface area contributed by atoms with Crippen LogP contribution in [0.1, 0.15) is 10.4 Å². The van der Waals surface area contributed by atoms with Gasteiger partial charge in [0.1, 0.15) is 17.0 Å². The van der Waals surface area contributed by atoms with Gasteiger partial charge in [-0.1, -0.05) is 18.2 Å². The van der Waals surface area contributed by atoms with Gasteiger partial charge in [0.15, 0.2) is 10.9 Å². The van der Waals surface area contributed by atoms with Gasteiger partial charge in [0, 0.05) is 29.4 Å². The van der Waals surface area contributed by atoms with Crippen LogP contribution in [0.4, 0.5) is 10.8 Å². The molecule has 0 aliphatic rings. The highest BCUT2D eigenvalue weighted by Gasteiger charge is 2.22. The molecule has 2 aromatic heterocycles. The maximum absolute atomic E-state index is 12.9. The SMILES string of the molecule is COc1ccc2cc(-c3csc(NC(=O)c4ccc(S(=O)(=O)N(C)c5ccccc5)cc4)n3)oc2c1. The Bertz CT molecular complexity index is 1640. The largest absolute Gasteiger partial charge is 0.497 e. The number of fused-ring (bicyclic) bond motifs is 1. The second-order valence-corrected chi connectivity index (χ2v) is 10.7. The Morgan fingerprint density at radius 3 is 2.50 bits per heavy atom. The van der Waals surface area contributed by atoms with Crippen molar-refractivity contribution in [2.45, 2.75) is 4.90 Å². The lowest BCUT2D eigenvalue weighted by Gasteiger charge is -2.19. The molecule has 0 radical (unpaired) electrons. The Kier molecular flexibility index (Phi) is 6.21. The van der Waals surface area contributed by atoms with Crippen molar-refractivity contribution in [3.05, 3.63) is 89.8 Å². The number of rotatable bonds is 7. The number of amides is 1. The zero-order valence-corrected chi connectivity index (χ0v) is 21.0. The number of hydrogen-bond acceptors (Lipinski definition) is 7. The van der Waals surface area contributed by atoms with E-state index in [1.807, 2.05) is 24.3 Å². The van der Waals surface area contributed by atoms with Crippen LogP contribution in [0.2, 0.25) is 0 Å². The zero-order chi connectivity index (χ0) is 25.3. The van der Waals surface area contributed by atoms with Crippen LogP contribution in [-0.4, -0.2) is 33.5 Å². The van der Waals surface area contributed by atoms with Crippen molar-refractivity contribution in [2.75, 3.05) is 23.8 Å². The van der Waals surface area contributed by atoms with Crippen molar-refractivity contribution in [1.29, 1.82) is 0 Å². The van der Waals surface area contributed by atoms with Gasteiger partial charge in [-0.3, -0.25) is 14.4 Å². The monoisotopic (exact) mass is 519 g/mol. The van der Waals surface area contributed by atoms with Crippen LogP contribution in [0.25, 0.3) is 22.4 Å². The van der Waals surface area contributed by atoms with Crippen LogP contribution in [0.3, 0.4) is 0 Å². The van der Waals surface area contributed by atoms with Crippen molar-refractivity contribution >= 4 is 49.1 Å². The highest BCUT2D eigenvalue weighted by Crippen LogP contribution is 2.32. The molecule has 0 atom stereocenters. The molecule has 0 saturated heterocycles. The van der Waals surface area contributed by atoms with Crippen molar-refractivity contribution in [2.24, 2.45) is 0 Å². The number of sulfonamides is 1. The minimum Gasteiger partial charge on any atom is -0.497 e. The molecule has 0 fully saturated rings. The summed E-state index contributed by atoms with van der Waals surface area (Å²) in [7, 11) is -0.680. The minimum atomic E-state index is -3.76. The maximum Gasteiger partial charge on any atom is 0.264 e. The fourth-order valence-electron chi connectivity index (χ4n) is 3.59. The van der Waals surface area contributed by atoms with Crippen LogP contribution >= 0.6 is 11.3 Å². The topological polar surface area (TPSA) is 102 Å². The number of methoxy groups -OCH3 is 1. The molecule has 2 heterocycles. The first-order chi connectivity index (χ1) is 17.3. The molecule has 10 heteroatoms. The predicted molar refractivity (Wildman–Crippen MR) is 140 cm³/mol. The minimum absolute atomic E-state index is 0.0865. The van der Waals surface area contributed by atoms with Gasteiger partial charge in [-0.05, 0) is 54.6 Å². The summed E-state index contributed by atoms with van der Waals surface area (Å²) >= 11 is 1.26. The molecule has 5 rings (SSSR count). The van der Waals surface area contributed by atoms with Crippen molar-refractivity contribution < 1.29 is 22.4 Å². The average molecular weight is 520 g/mol. The van der Waals surface area contributed by atoms with E-state index in [1.165, 1.54) is 47.0 Å². The normalized spacial score (nSPS) is 11.4. The van der Waals surface area contributed by atoms with E-state index in [0.717, 1.165) is 5.39 Å². The van der Waals surface area contributed by atoms with Crippen molar-refractivity contribution in [1.82, 2.24) is 4.98 Å². The molecule has 3 aromatic carbocycles. The van der Waals surface area contributed by atoms with Crippen LogP contribution in [-0.2, 0) is 10.0 Å². The Morgan fingerprint density at radius 2 is 1.78 bits per heavy atom. The Morgan fingerprint density at radius 1 is 1.03 bits per heavy atom. The molecule has 0 saturated carbocycles. The van der Waals surface area contributed by atoms with Gasteiger partial charge in [-0.25, -0.2) is 13.4 Å².